The Morgan fingerprint density at radius 2 is 2.30 bits per heavy atom. The predicted molar refractivity (Wildman–Crippen MR) is 89.2 cm³/mol. The molecule has 23 heavy (non-hydrogen) atoms. The third-order valence-corrected chi connectivity index (χ3v) is 3.84. The van der Waals surface area contributed by atoms with Gasteiger partial charge in [0.15, 0.2) is 0 Å². The second-order valence-corrected chi connectivity index (χ2v) is 7.07. The predicted octanol–water partition coefficient (Wildman–Crippen LogP) is 1.99. The lowest BCUT2D eigenvalue weighted by Gasteiger charge is -2.32. The fourth-order valence-corrected chi connectivity index (χ4v) is 2.58. The lowest BCUT2D eigenvalue weighted by atomic mass is 10.1. The van der Waals surface area contributed by atoms with Crippen LogP contribution in [0, 0.1) is 0 Å². The fourth-order valence-electron chi connectivity index (χ4n) is 2.14. The molecule has 128 valence electrons. The largest absolute Gasteiger partial charge is 0.474 e. The summed E-state index contributed by atoms with van der Waals surface area (Å²) in [6.45, 7) is 5.90. The summed E-state index contributed by atoms with van der Waals surface area (Å²) in [6, 6.07) is 1.56. The Morgan fingerprint density at radius 1 is 1.57 bits per heavy atom. The van der Waals surface area contributed by atoms with E-state index in [9.17, 15) is 4.79 Å². The van der Waals surface area contributed by atoms with Gasteiger partial charge in [-0.3, -0.25) is 4.79 Å². The molecule has 0 aromatic carbocycles. The van der Waals surface area contributed by atoms with Crippen molar-refractivity contribution >= 4 is 29.1 Å². The number of halogens is 2. The Kier molecular flexibility index (Phi) is 6.08. The molecular formula is C15H21Cl2N3O3. The van der Waals surface area contributed by atoms with E-state index in [0.29, 0.717) is 23.2 Å². The van der Waals surface area contributed by atoms with Crippen molar-refractivity contribution in [1.82, 2.24) is 15.2 Å². The van der Waals surface area contributed by atoms with Gasteiger partial charge in [-0.25, -0.2) is 4.98 Å². The van der Waals surface area contributed by atoms with Gasteiger partial charge in [-0.05, 0) is 27.0 Å². The van der Waals surface area contributed by atoms with Crippen molar-refractivity contribution in [3.63, 3.8) is 0 Å². The smallest absolute Gasteiger partial charge is 0.251 e. The number of carbonyl (C=O) groups excluding carboxylic acids is 1. The number of nitrogens with one attached hydrogen (secondary N) is 1. The van der Waals surface area contributed by atoms with Crippen molar-refractivity contribution in [3.05, 3.63) is 22.3 Å². The Hall–Kier alpha value is -1.08. The summed E-state index contributed by atoms with van der Waals surface area (Å²) >= 11 is 11.8. The summed E-state index contributed by atoms with van der Waals surface area (Å²) in [4.78, 5) is 18.4. The Bertz CT molecular complexity index is 569. The maximum absolute atomic E-state index is 12.3. The quantitative estimate of drug-likeness (QED) is 0.868. The van der Waals surface area contributed by atoms with Gasteiger partial charge in [0.05, 0.1) is 17.2 Å². The maximum Gasteiger partial charge on any atom is 0.251 e. The topological polar surface area (TPSA) is 63.7 Å². The van der Waals surface area contributed by atoms with Gasteiger partial charge >= 0.3 is 0 Å². The molecule has 0 bridgehead atoms. The van der Waals surface area contributed by atoms with Crippen LogP contribution in [0.3, 0.4) is 0 Å². The van der Waals surface area contributed by atoms with Crippen LogP contribution in [0.25, 0.3) is 0 Å². The number of aromatic nitrogens is 1. The number of hydrogen-bond donors (Lipinski definition) is 1. The first-order chi connectivity index (χ1) is 10.8. The first-order valence-corrected chi connectivity index (χ1v) is 8.08. The highest BCUT2D eigenvalue weighted by molar-refractivity contribution is 6.35. The number of morpholine rings is 1. The Labute approximate surface area is 146 Å². The van der Waals surface area contributed by atoms with E-state index >= 15 is 0 Å². The molecule has 1 atom stereocenters. The van der Waals surface area contributed by atoms with Gasteiger partial charge in [-0.15, -0.1) is 0 Å². The van der Waals surface area contributed by atoms with E-state index in [1.54, 1.807) is 6.07 Å². The van der Waals surface area contributed by atoms with E-state index in [-0.39, 0.29) is 18.4 Å². The number of ether oxygens (including phenoxy) is 2. The zero-order valence-electron chi connectivity index (χ0n) is 13.4. The van der Waals surface area contributed by atoms with Crippen molar-refractivity contribution in [2.24, 2.45) is 0 Å². The maximum atomic E-state index is 12.3. The average Bonchev–Trinajstić information content (AvgIpc) is 2.46. The molecule has 8 heteroatoms. The van der Waals surface area contributed by atoms with E-state index < -0.39 is 11.6 Å². The average molecular weight is 362 g/mol. The molecule has 0 saturated carbocycles. The van der Waals surface area contributed by atoms with Crippen LogP contribution >= 0.6 is 23.2 Å². The molecule has 1 fully saturated rings. The number of carbonyl (C=O) groups is 1. The van der Waals surface area contributed by atoms with Gasteiger partial charge in [0.2, 0.25) is 5.88 Å². The third kappa shape index (κ3) is 5.49. The second kappa shape index (κ2) is 7.66. The van der Waals surface area contributed by atoms with Gasteiger partial charge in [-0.1, -0.05) is 23.2 Å². The summed E-state index contributed by atoms with van der Waals surface area (Å²) in [5.74, 6) is 0.132. The number of nitrogens with zero attached hydrogens (tertiary/aromatic N) is 2. The molecule has 0 radical (unpaired) electrons. The van der Waals surface area contributed by atoms with Crippen LogP contribution in [0.5, 0.6) is 5.88 Å². The molecule has 2 rings (SSSR count). The highest BCUT2D eigenvalue weighted by Crippen LogP contribution is 2.25. The van der Waals surface area contributed by atoms with Crippen molar-refractivity contribution in [2.45, 2.75) is 25.5 Å². The fraction of sp³-hybridized carbons (Fsp3) is 0.600. The highest BCUT2D eigenvalue weighted by atomic mass is 35.5. The minimum atomic E-state index is -0.596. The summed E-state index contributed by atoms with van der Waals surface area (Å²) < 4.78 is 11.1. The summed E-state index contributed by atoms with van der Waals surface area (Å²) in [7, 11) is 1.96. The minimum absolute atomic E-state index is 0.152. The first kappa shape index (κ1) is 18.3. The van der Waals surface area contributed by atoms with Gasteiger partial charge in [0.1, 0.15) is 17.7 Å². The van der Waals surface area contributed by atoms with Gasteiger partial charge < -0.3 is 19.7 Å². The molecule has 0 unspecified atom stereocenters. The van der Waals surface area contributed by atoms with E-state index in [1.807, 2.05) is 20.9 Å². The van der Waals surface area contributed by atoms with Crippen molar-refractivity contribution < 1.29 is 14.3 Å². The van der Waals surface area contributed by atoms with Crippen LogP contribution in [-0.2, 0) is 9.53 Å². The van der Waals surface area contributed by atoms with Crippen molar-refractivity contribution in [2.75, 3.05) is 33.4 Å². The van der Waals surface area contributed by atoms with Gasteiger partial charge in [-0.2, -0.15) is 0 Å². The number of hydrogen-bond acceptors (Lipinski definition) is 5. The molecule has 1 aliphatic rings. The standard InChI is InChI=1S/C15H21Cl2N3O3/c1-15(2,9-23-14-11(17)6-10(16)7-18-14)19-13(21)12-8-20(3)4-5-22-12/h6-7,12H,4-5,8-9H2,1-3H3,(H,19,21)/t12-/m0/s1. The first-order valence-electron chi connectivity index (χ1n) is 7.33. The SMILES string of the molecule is CN1CCO[C@H](C(=O)NC(C)(C)COc2ncc(Cl)cc2Cl)C1. The zero-order valence-corrected chi connectivity index (χ0v) is 14.9. The van der Waals surface area contributed by atoms with Crippen LogP contribution in [0.2, 0.25) is 10.0 Å². The molecule has 6 nitrogen and oxygen atoms in total. The van der Waals surface area contributed by atoms with Crippen LogP contribution < -0.4 is 10.1 Å². The monoisotopic (exact) mass is 361 g/mol. The number of pyridine rings is 1. The number of amides is 1. The highest BCUT2D eigenvalue weighted by Gasteiger charge is 2.30. The van der Waals surface area contributed by atoms with E-state index in [1.165, 1.54) is 6.20 Å². The Balaban J connectivity index is 1.89. The lowest BCUT2D eigenvalue weighted by molar-refractivity contribution is -0.139. The summed E-state index contributed by atoms with van der Waals surface area (Å²) in [6.07, 6.45) is 0.991. The zero-order chi connectivity index (χ0) is 17.0. The van der Waals surface area contributed by atoms with E-state index in [0.717, 1.165) is 6.54 Å². The van der Waals surface area contributed by atoms with E-state index in [2.05, 4.69) is 15.2 Å². The van der Waals surface area contributed by atoms with Crippen LogP contribution in [0.4, 0.5) is 0 Å². The molecule has 2 heterocycles. The van der Waals surface area contributed by atoms with Gasteiger partial charge in [0.25, 0.3) is 5.91 Å². The molecule has 1 amide bonds. The molecule has 0 spiro atoms. The second-order valence-electron chi connectivity index (χ2n) is 6.22. The third-order valence-electron chi connectivity index (χ3n) is 3.37. The lowest BCUT2D eigenvalue weighted by Crippen LogP contribution is -2.55. The Morgan fingerprint density at radius 3 is 2.96 bits per heavy atom. The summed E-state index contributed by atoms with van der Waals surface area (Å²) in [5.41, 5.74) is -0.596. The van der Waals surface area contributed by atoms with Crippen molar-refractivity contribution in [1.29, 1.82) is 0 Å². The van der Waals surface area contributed by atoms with Crippen LogP contribution in [0.15, 0.2) is 12.3 Å². The minimum Gasteiger partial charge on any atom is -0.474 e. The molecule has 1 aromatic heterocycles. The molecule has 0 aliphatic carbocycles. The van der Waals surface area contributed by atoms with Crippen LogP contribution in [-0.4, -0.2) is 60.8 Å². The molecule has 1 saturated heterocycles. The molecule has 1 aliphatic heterocycles. The molecular weight excluding hydrogens is 341 g/mol. The number of likely N-dealkylation sites (N-methyl/N-ethyl adjacent to an activating group) is 1. The van der Waals surface area contributed by atoms with E-state index in [4.69, 9.17) is 32.7 Å². The normalized spacial score (nSPS) is 19.4. The van der Waals surface area contributed by atoms with Gasteiger partial charge in [0, 0.05) is 19.3 Å². The number of rotatable bonds is 5. The van der Waals surface area contributed by atoms with Crippen LogP contribution in [0.1, 0.15) is 13.8 Å². The molecule has 1 aromatic rings. The van der Waals surface area contributed by atoms with Crippen molar-refractivity contribution in [3.8, 4) is 5.88 Å². The summed E-state index contributed by atoms with van der Waals surface area (Å²) in [5, 5.41) is 3.70. The molecule has 1 N–H and O–H groups in total.